The van der Waals surface area contributed by atoms with Gasteiger partial charge in [-0.25, -0.2) is 0 Å². The summed E-state index contributed by atoms with van der Waals surface area (Å²) in [7, 11) is 1.87. The zero-order valence-corrected chi connectivity index (χ0v) is 16.9. The van der Waals surface area contributed by atoms with Crippen molar-refractivity contribution in [1.82, 2.24) is 15.1 Å². The van der Waals surface area contributed by atoms with Crippen LogP contribution in [0.15, 0.2) is 35.3 Å². The van der Waals surface area contributed by atoms with Crippen LogP contribution in [0, 0.1) is 11.8 Å². The molecule has 1 saturated heterocycles. The molecular weight excluding hydrogens is 336 g/mol. The van der Waals surface area contributed by atoms with E-state index in [-0.39, 0.29) is 5.91 Å². The van der Waals surface area contributed by atoms with E-state index >= 15 is 0 Å². The number of nitrogens with zero attached hydrogens (tertiary/aromatic N) is 3. The van der Waals surface area contributed by atoms with Crippen molar-refractivity contribution in [3.8, 4) is 0 Å². The Morgan fingerprint density at radius 2 is 1.85 bits per heavy atom. The van der Waals surface area contributed by atoms with E-state index in [0.29, 0.717) is 19.5 Å². The minimum absolute atomic E-state index is 0.147. The Kier molecular flexibility index (Phi) is 7.13. The average molecular weight is 371 g/mol. The molecule has 148 valence electrons. The fourth-order valence-corrected chi connectivity index (χ4v) is 4.40. The number of likely N-dealkylation sites (tertiary alicyclic amines) is 1. The monoisotopic (exact) mass is 370 g/mol. The van der Waals surface area contributed by atoms with Crippen molar-refractivity contribution in [3.63, 3.8) is 0 Å². The van der Waals surface area contributed by atoms with E-state index in [4.69, 9.17) is 4.99 Å². The van der Waals surface area contributed by atoms with Gasteiger partial charge in [0, 0.05) is 39.6 Å². The largest absolute Gasteiger partial charge is 0.357 e. The second-order valence-electron chi connectivity index (χ2n) is 7.93. The lowest BCUT2D eigenvalue weighted by atomic mass is 9.82. The summed E-state index contributed by atoms with van der Waals surface area (Å²) in [5, 5.41) is 3.43. The fraction of sp³-hybridized carbons (Fsp3) is 0.636. The Hall–Kier alpha value is -2.04. The Morgan fingerprint density at radius 1 is 1.19 bits per heavy atom. The van der Waals surface area contributed by atoms with Crippen LogP contribution >= 0.6 is 0 Å². The quantitative estimate of drug-likeness (QED) is 0.618. The molecule has 5 nitrogen and oxygen atoms in total. The Labute approximate surface area is 163 Å². The van der Waals surface area contributed by atoms with Crippen molar-refractivity contribution >= 4 is 11.9 Å². The summed E-state index contributed by atoms with van der Waals surface area (Å²) in [6, 6.07) is 10.1. The molecule has 1 saturated carbocycles. The first-order valence-corrected chi connectivity index (χ1v) is 10.5. The number of hydrogen-bond donors (Lipinski definition) is 1. The van der Waals surface area contributed by atoms with Gasteiger partial charge in [-0.05, 0) is 37.2 Å². The molecule has 27 heavy (non-hydrogen) atoms. The first-order chi connectivity index (χ1) is 13.2. The number of carbonyl (C=O) groups excluding carboxylic acids is 1. The van der Waals surface area contributed by atoms with Gasteiger partial charge in [0.1, 0.15) is 0 Å². The number of nitrogens with one attached hydrogen (secondary N) is 1. The Morgan fingerprint density at radius 3 is 2.48 bits per heavy atom. The van der Waals surface area contributed by atoms with Gasteiger partial charge in [-0.1, -0.05) is 43.2 Å². The van der Waals surface area contributed by atoms with Crippen molar-refractivity contribution in [2.24, 2.45) is 16.8 Å². The lowest BCUT2D eigenvalue weighted by molar-refractivity contribution is -0.130. The number of fused-ring (bicyclic) bond motifs is 1. The second kappa shape index (κ2) is 9.77. The first-order valence-electron chi connectivity index (χ1n) is 10.5. The van der Waals surface area contributed by atoms with Gasteiger partial charge in [-0.15, -0.1) is 0 Å². The molecule has 1 aliphatic carbocycles. The minimum atomic E-state index is 0.147. The van der Waals surface area contributed by atoms with E-state index in [9.17, 15) is 4.79 Å². The molecule has 1 amide bonds. The normalized spacial score (nSPS) is 22.4. The summed E-state index contributed by atoms with van der Waals surface area (Å²) in [6.07, 6.45) is 5.95. The van der Waals surface area contributed by atoms with E-state index in [2.05, 4.69) is 29.3 Å². The first kappa shape index (κ1) is 19.7. The van der Waals surface area contributed by atoms with Gasteiger partial charge < -0.3 is 15.1 Å². The summed E-state index contributed by atoms with van der Waals surface area (Å²) in [5.41, 5.74) is 1.16. The number of rotatable bonds is 6. The number of amides is 1. The van der Waals surface area contributed by atoms with Crippen LogP contribution in [0.5, 0.6) is 0 Å². The third-order valence-corrected chi connectivity index (χ3v) is 5.89. The van der Waals surface area contributed by atoms with Gasteiger partial charge in [-0.3, -0.25) is 9.79 Å². The highest BCUT2D eigenvalue weighted by atomic mass is 16.2. The maximum atomic E-state index is 12.4. The van der Waals surface area contributed by atoms with Crippen molar-refractivity contribution < 1.29 is 4.79 Å². The van der Waals surface area contributed by atoms with Crippen LogP contribution in [0.25, 0.3) is 0 Å². The topological polar surface area (TPSA) is 47.9 Å². The van der Waals surface area contributed by atoms with Gasteiger partial charge in [0.2, 0.25) is 5.91 Å². The summed E-state index contributed by atoms with van der Waals surface area (Å²) in [6.45, 7) is 6.42. The van der Waals surface area contributed by atoms with E-state index in [1.54, 1.807) is 4.90 Å². The zero-order valence-electron chi connectivity index (χ0n) is 16.9. The molecule has 1 heterocycles. The van der Waals surface area contributed by atoms with Crippen molar-refractivity contribution in [2.45, 2.75) is 45.6 Å². The third-order valence-electron chi connectivity index (χ3n) is 5.89. The van der Waals surface area contributed by atoms with Gasteiger partial charge in [0.25, 0.3) is 0 Å². The van der Waals surface area contributed by atoms with Crippen LogP contribution in [0.2, 0.25) is 0 Å². The molecule has 1 N–H and O–H groups in total. The Balaban J connectivity index is 1.50. The molecule has 2 aliphatic rings. The summed E-state index contributed by atoms with van der Waals surface area (Å²) in [5.74, 6) is 2.81. The summed E-state index contributed by atoms with van der Waals surface area (Å²) >= 11 is 0. The SMILES string of the molecule is CCNC(=NCCC(=O)N(C)Cc1ccccc1)N1CC2CCCCC2C1. The summed E-state index contributed by atoms with van der Waals surface area (Å²) < 4.78 is 0. The summed E-state index contributed by atoms with van der Waals surface area (Å²) in [4.78, 5) is 21.4. The van der Waals surface area contributed by atoms with E-state index < -0.39 is 0 Å². The van der Waals surface area contributed by atoms with Gasteiger partial charge in [-0.2, -0.15) is 0 Å². The van der Waals surface area contributed by atoms with Crippen LogP contribution in [0.4, 0.5) is 0 Å². The van der Waals surface area contributed by atoms with Crippen LogP contribution in [-0.2, 0) is 11.3 Å². The Bertz CT molecular complexity index is 616. The number of aliphatic imine (C=N–C) groups is 1. The lowest BCUT2D eigenvalue weighted by Gasteiger charge is -2.22. The fourth-order valence-electron chi connectivity index (χ4n) is 4.40. The van der Waals surface area contributed by atoms with Crippen LogP contribution in [0.1, 0.15) is 44.6 Å². The van der Waals surface area contributed by atoms with Crippen molar-refractivity contribution in [2.75, 3.05) is 33.2 Å². The van der Waals surface area contributed by atoms with Crippen molar-refractivity contribution in [1.29, 1.82) is 0 Å². The molecular formula is C22H34N4O. The van der Waals surface area contributed by atoms with E-state index in [1.165, 1.54) is 25.7 Å². The number of hydrogen-bond acceptors (Lipinski definition) is 2. The molecule has 1 aromatic carbocycles. The number of carbonyl (C=O) groups is 1. The van der Waals surface area contributed by atoms with E-state index in [1.807, 2.05) is 25.2 Å². The number of guanidine groups is 1. The molecule has 0 bridgehead atoms. The van der Waals surface area contributed by atoms with Crippen molar-refractivity contribution in [3.05, 3.63) is 35.9 Å². The highest BCUT2D eigenvalue weighted by Gasteiger charge is 2.35. The van der Waals surface area contributed by atoms with Crippen LogP contribution < -0.4 is 5.32 Å². The smallest absolute Gasteiger partial charge is 0.224 e. The molecule has 3 rings (SSSR count). The third kappa shape index (κ3) is 5.47. The molecule has 1 aromatic rings. The second-order valence-corrected chi connectivity index (χ2v) is 7.93. The van der Waals surface area contributed by atoms with E-state index in [0.717, 1.165) is 43.0 Å². The lowest BCUT2D eigenvalue weighted by Crippen LogP contribution is -2.40. The molecule has 5 heteroatoms. The van der Waals surface area contributed by atoms with Gasteiger partial charge in [0.15, 0.2) is 5.96 Å². The predicted octanol–water partition coefficient (Wildman–Crippen LogP) is 3.12. The molecule has 2 fully saturated rings. The number of benzene rings is 1. The predicted molar refractivity (Wildman–Crippen MR) is 111 cm³/mol. The zero-order chi connectivity index (χ0) is 19.1. The standard InChI is InChI=1S/C22H34N4O/c1-3-23-22(26-16-19-11-7-8-12-20(19)17-26)24-14-13-21(27)25(2)15-18-9-5-4-6-10-18/h4-6,9-10,19-20H,3,7-8,11-17H2,1-2H3,(H,23,24). The van der Waals surface area contributed by atoms with Gasteiger partial charge in [0.05, 0.1) is 6.54 Å². The molecule has 1 aliphatic heterocycles. The molecule has 2 unspecified atom stereocenters. The minimum Gasteiger partial charge on any atom is -0.357 e. The highest BCUT2D eigenvalue weighted by molar-refractivity contribution is 5.81. The molecule has 0 radical (unpaired) electrons. The molecule has 2 atom stereocenters. The maximum Gasteiger partial charge on any atom is 0.224 e. The molecule has 0 aromatic heterocycles. The average Bonchev–Trinajstić information content (AvgIpc) is 3.12. The maximum absolute atomic E-state index is 12.4. The highest BCUT2D eigenvalue weighted by Crippen LogP contribution is 2.35. The van der Waals surface area contributed by atoms with Crippen LogP contribution in [0.3, 0.4) is 0 Å². The van der Waals surface area contributed by atoms with Crippen LogP contribution in [-0.4, -0.2) is 54.9 Å². The van der Waals surface area contributed by atoms with Gasteiger partial charge >= 0.3 is 0 Å². The molecule has 0 spiro atoms.